The van der Waals surface area contributed by atoms with Crippen molar-refractivity contribution in [3.8, 4) is 0 Å². The van der Waals surface area contributed by atoms with Crippen molar-refractivity contribution in [3.05, 3.63) is 64.7 Å². The predicted octanol–water partition coefficient (Wildman–Crippen LogP) is 4.45. The SMILES string of the molecule is CC(C)N(Cc1ccccc1)c1cc(Cl)ccc1C(=O)O. The number of halogens is 1. The van der Waals surface area contributed by atoms with Crippen LogP contribution >= 0.6 is 11.6 Å². The van der Waals surface area contributed by atoms with Crippen LogP contribution in [-0.4, -0.2) is 17.1 Å². The Balaban J connectivity index is 2.43. The maximum Gasteiger partial charge on any atom is 0.337 e. The van der Waals surface area contributed by atoms with Gasteiger partial charge in [0.05, 0.1) is 11.3 Å². The molecule has 21 heavy (non-hydrogen) atoms. The third-order valence-corrected chi connectivity index (χ3v) is 3.55. The number of benzene rings is 2. The molecular weight excluding hydrogens is 286 g/mol. The number of carboxylic acid groups (broad SMARTS) is 1. The zero-order chi connectivity index (χ0) is 15.4. The van der Waals surface area contributed by atoms with Crippen LogP contribution < -0.4 is 4.90 Å². The minimum absolute atomic E-state index is 0.154. The third kappa shape index (κ3) is 3.76. The van der Waals surface area contributed by atoms with E-state index in [1.54, 1.807) is 18.2 Å². The molecule has 2 rings (SSSR count). The van der Waals surface area contributed by atoms with Crippen molar-refractivity contribution in [3.63, 3.8) is 0 Å². The quantitative estimate of drug-likeness (QED) is 0.887. The van der Waals surface area contributed by atoms with Crippen LogP contribution in [0.3, 0.4) is 0 Å². The first-order valence-corrected chi connectivity index (χ1v) is 7.20. The van der Waals surface area contributed by atoms with E-state index < -0.39 is 5.97 Å². The van der Waals surface area contributed by atoms with E-state index in [1.807, 2.05) is 49.1 Å². The largest absolute Gasteiger partial charge is 0.478 e. The van der Waals surface area contributed by atoms with Gasteiger partial charge in [-0.05, 0) is 37.6 Å². The molecular formula is C17H18ClNO2. The summed E-state index contributed by atoms with van der Waals surface area (Å²) in [5, 5.41) is 9.92. The van der Waals surface area contributed by atoms with Crippen LogP contribution in [0.25, 0.3) is 0 Å². The Morgan fingerprint density at radius 1 is 1.19 bits per heavy atom. The Bertz CT molecular complexity index is 626. The number of carboxylic acids is 1. The van der Waals surface area contributed by atoms with E-state index in [4.69, 9.17) is 11.6 Å². The Morgan fingerprint density at radius 2 is 1.86 bits per heavy atom. The fraction of sp³-hybridized carbons (Fsp3) is 0.235. The van der Waals surface area contributed by atoms with Crippen molar-refractivity contribution in [2.24, 2.45) is 0 Å². The molecule has 0 amide bonds. The van der Waals surface area contributed by atoms with Gasteiger partial charge >= 0.3 is 5.97 Å². The molecule has 110 valence electrons. The fourth-order valence-electron chi connectivity index (χ4n) is 2.25. The van der Waals surface area contributed by atoms with Crippen LogP contribution in [0.4, 0.5) is 5.69 Å². The van der Waals surface area contributed by atoms with Gasteiger partial charge in [-0.1, -0.05) is 41.9 Å². The first-order chi connectivity index (χ1) is 9.99. The molecule has 1 N–H and O–H groups in total. The van der Waals surface area contributed by atoms with Gasteiger partial charge < -0.3 is 10.0 Å². The fourth-order valence-corrected chi connectivity index (χ4v) is 2.42. The molecule has 0 bridgehead atoms. The Kier molecular flexibility index (Phi) is 4.86. The Morgan fingerprint density at radius 3 is 2.43 bits per heavy atom. The number of carbonyl (C=O) groups is 1. The summed E-state index contributed by atoms with van der Waals surface area (Å²) in [7, 11) is 0. The van der Waals surface area contributed by atoms with Crippen molar-refractivity contribution in [1.82, 2.24) is 0 Å². The lowest BCUT2D eigenvalue weighted by atomic mass is 10.1. The van der Waals surface area contributed by atoms with Gasteiger partial charge in [0.15, 0.2) is 0 Å². The van der Waals surface area contributed by atoms with E-state index in [0.717, 1.165) is 5.56 Å². The van der Waals surface area contributed by atoms with Gasteiger partial charge in [-0.15, -0.1) is 0 Å². The molecule has 0 aliphatic rings. The highest BCUT2D eigenvalue weighted by molar-refractivity contribution is 6.31. The van der Waals surface area contributed by atoms with Gasteiger partial charge in [-0.3, -0.25) is 0 Å². The topological polar surface area (TPSA) is 40.5 Å². The van der Waals surface area contributed by atoms with Gasteiger partial charge in [0.2, 0.25) is 0 Å². The molecule has 4 heteroatoms. The summed E-state index contributed by atoms with van der Waals surface area (Å²) in [5.41, 5.74) is 2.04. The van der Waals surface area contributed by atoms with Crippen LogP contribution in [-0.2, 0) is 6.54 Å². The maximum absolute atomic E-state index is 11.4. The molecule has 3 nitrogen and oxygen atoms in total. The number of hydrogen-bond acceptors (Lipinski definition) is 2. The second-order valence-electron chi connectivity index (χ2n) is 5.17. The summed E-state index contributed by atoms with van der Waals surface area (Å²) < 4.78 is 0. The summed E-state index contributed by atoms with van der Waals surface area (Å²) >= 11 is 6.05. The van der Waals surface area contributed by atoms with Gasteiger partial charge in [-0.2, -0.15) is 0 Å². The second-order valence-corrected chi connectivity index (χ2v) is 5.61. The Hall–Kier alpha value is -2.00. The van der Waals surface area contributed by atoms with E-state index in [9.17, 15) is 9.90 Å². The molecule has 0 aliphatic heterocycles. The molecule has 0 fully saturated rings. The molecule has 0 unspecified atom stereocenters. The lowest BCUT2D eigenvalue weighted by Gasteiger charge is -2.30. The third-order valence-electron chi connectivity index (χ3n) is 3.32. The number of aromatic carboxylic acids is 1. The summed E-state index contributed by atoms with van der Waals surface area (Å²) in [6, 6.07) is 15.0. The highest BCUT2D eigenvalue weighted by Gasteiger charge is 2.19. The standard InChI is InChI=1S/C17H18ClNO2/c1-12(2)19(11-13-6-4-3-5-7-13)16-10-14(18)8-9-15(16)17(20)21/h3-10,12H,11H2,1-2H3,(H,20,21). The zero-order valence-electron chi connectivity index (χ0n) is 12.1. The first-order valence-electron chi connectivity index (χ1n) is 6.82. The van der Waals surface area contributed by atoms with Crippen molar-refractivity contribution in [2.45, 2.75) is 26.4 Å². The van der Waals surface area contributed by atoms with Crippen molar-refractivity contribution in [1.29, 1.82) is 0 Å². The van der Waals surface area contributed by atoms with Crippen LogP contribution in [0, 0.1) is 0 Å². The average Bonchev–Trinajstić information content (AvgIpc) is 2.45. The summed E-state index contributed by atoms with van der Waals surface area (Å²) in [6.45, 7) is 4.71. The molecule has 0 spiro atoms. The molecule has 0 aromatic heterocycles. The van der Waals surface area contributed by atoms with Gasteiger partial charge in [-0.25, -0.2) is 4.79 Å². The number of nitrogens with zero attached hydrogens (tertiary/aromatic N) is 1. The van der Waals surface area contributed by atoms with Gasteiger partial charge in [0.25, 0.3) is 0 Å². The molecule has 0 aliphatic carbocycles. The summed E-state index contributed by atoms with van der Waals surface area (Å²) in [6.07, 6.45) is 0. The normalized spacial score (nSPS) is 10.7. The van der Waals surface area contributed by atoms with Crippen LogP contribution in [0.5, 0.6) is 0 Å². The van der Waals surface area contributed by atoms with E-state index in [0.29, 0.717) is 17.3 Å². The maximum atomic E-state index is 11.4. The van der Waals surface area contributed by atoms with Crippen LogP contribution in [0.1, 0.15) is 29.8 Å². The minimum Gasteiger partial charge on any atom is -0.478 e. The van der Waals surface area contributed by atoms with E-state index in [-0.39, 0.29) is 11.6 Å². The lowest BCUT2D eigenvalue weighted by Crippen LogP contribution is -2.31. The average molecular weight is 304 g/mol. The van der Waals surface area contributed by atoms with Gasteiger partial charge in [0.1, 0.15) is 0 Å². The van der Waals surface area contributed by atoms with E-state index in [2.05, 4.69) is 0 Å². The number of hydrogen-bond donors (Lipinski definition) is 1. The smallest absolute Gasteiger partial charge is 0.337 e. The second kappa shape index (κ2) is 6.64. The zero-order valence-corrected chi connectivity index (χ0v) is 12.8. The molecule has 0 atom stereocenters. The summed E-state index contributed by atoms with van der Waals surface area (Å²) in [5.74, 6) is -0.944. The first kappa shape index (κ1) is 15.4. The van der Waals surface area contributed by atoms with Crippen LogP contribution in [0.2, 0.25) is 5.02 Å². The predicted molar refractivity (Wildman–Crippen MR) is 86.2 cm³/mol. The molecule has 0 radical (unpaired) electrons. The summed E-state index contributed by atoms with van der Waals surface area (Å²) in [4.78, 5) is 13.5. The highest BCUT2D eigenvalue weighted by atomic mass is 35.5. The number of anilines is 1. The van der Waals surface area contributed by atoms with E-state index in [1.165, 1.54) is 0 Å². The molecule has 2 aromatic rings. The molecule has 0 saturated heterocycles. The van der Waals surface area contributed by atoms with Crippen LogP contribution in [0.15, 0.2) is 48.5 Å². The molecule has 2 aromatic carbocycles. The Labute approximate surface area is 129 Å². The molecule has 0 saturated carbocycles. The van der Waals surface area contributed by atoms with Crippen molar-refractivity contribution in [2.75, 3.05) is 4.90 Å². The number of rotatable bonds is 5. The minimum atomic E-state index is -0.944. The van der Waals surface area contributed by atoms with Gasteiger partial charge in [0, 0.05) is 17.6 Å². The van der Waals surface area contributed by atoms with E-state index >= 15 is 0 Å². The van der Waals surface area contributed by atoms with Crippen molar-refractivity contribution >= 4 is 23.3 Å². The van der Waals surface area contributed by atoms with Crippen molar-refractivity contribution < 1.29 is 9.90 Å². The molecule has 0 heterocycles. The lowest BCUT2D eigenvalue weighted by molar-refractivity contribution is 0.0697. The monoisotopic (exact) mass is 303 g/mol. The highest BCUT2D eigenvalue weighted by Crippen LogP contribution is 2.28.